The SMILES string of the molecule is Cc1sc2ncnc(SCC(=O)Nc3ccc(N4CCCCC4)cc3)c2c1C. The molecule has 0 unspecified atom stereocenters. The Hall–Kier alpha value is -2.12. The summed E-state index contributed by atoms with van der Waals surface area (Å²) >= 11 is 3.14. The molecule has 0 aliphatic carbocycles. The molecule has 0 radical (unpaired) electrons. The summed E-state index contributed by atoms with van der Waals surface area (Å²) in [5.74, 6) is 0.306. The van der Waals surface area contributed by atoms with Crippen molar-refractivity contribution in [3.8, 4) is 0 Å². The number of thioether (sulfide) groups is 1. The molecule has 1 aliphatic heterocycles. The number of piperidine rings is 1. The molecule has 1 saturated heterocycles. The highest BCUT2D eigenvalue weighted by Crippen LogP contribution is 2.34. The molecule has 1 aliphatic rings. The van der Waals surface area contributed by atoms with Gasteiger partial charge in [0.2, 0.25) is 5.91 Å². The van der Waals surface area contributed by atoms with Gasteiger partial charge < -0.3 is 10.2 Å². The van der Waals surface area contributed by atoms with Crippen molar-refractivity contribution < 1.29 is 4.79 Å². The summed E-state index contributed by atoms with van der Waals surface area (Å²) in [7, 11) is 0. The molecule has 1 N–H and O–H groups in total. The fourth-order valence-corrected chi connectivity index (χ4v) is 5.42. The highest BCUT2D eigenvalue weighted by atomic mass is 32.2. The Morgan fingerprint density at radius 3 is 2.64 bits per heavy atom. The van der Waals surface area contributed by atoms with E-state index in [1.807, 2.05) is 12.1 Å². The molecule has 5 nitrogen and oxygen atoms in total. The zero-order chi connectivity index (χ0) is 19.5. The second kappa shape index (κ2) is 8.49. The first kappa shape index (κ1) is 19.2. The Bertz CT molecular complexity index is 978. The fraction of sp³-hybridized carbons (Fsp3) is 0.381. The lowest BCUT2D eigenvalue weighted by Crippen LogP contribution is -2.29. The van der Waals surface area contributed by atoms with E-state index in [0.29, 0.717) is 5.75 Å². The third-order valence-corrected chi connectivity index (χ3v) is 7.25. The van der Waals surface area contributed by atoms with Crippen LogP contribution in [0, 0.1) is 13.8 Å². The molecular weight excluding hydrogens is 388 g/mol. The van der Waals surface area contributed by atoms with E-state index >= 15 is 0 Å². The molecule has 7 heteroatoms. The number of carbonyl (C=O) groups is 1. The molecule has 4 rings (SSSR count). The zero-order valence-corrected chi connectivity index (χ0v) is 17.8. The molecule has 28 heavy (non-hydrogen) atoms. The van der Waals surface area contributed by atoms with Gasteiger partial charge in [0, 0.05) is 34.7 Å². The predicted molar refractivity (Wildman–Crippen MR) is 119 cm³/mol. The van der Waals surface area contributed by atoms with E-state index < -0.39 is 0 Å². The van der Waals surface area contributed by atoms with E-state index in [1.54, 1.807) is 17.7 Å². The average Bonchev–Trinajstić information content (AvgIpc) is 3.02. The minimum atomic E-state index is -0.0212. The number of nitrogens with one attached hydrogen (secondary N) is 1. The third kappa shape index (κ3) is 4.15. The molecular formula is C21H24N4OS2. The van der Waals surface area contributed by atoms with Gasteiger partial charge in [-0.05, 0) is 62.9 Å². The molecule has 0 bridgehead atoms. The van der Waals surface area contributed by atoms with Crippen molar-refractivity contribution >= 4 is 50.6 Å². The van der Waals surface area contributed by atoms with Gasteiger partial charge in [0.1, 0.15) is 16.2 Å². The average molecular weight is 413 g/mol. The highest BCUT2D eigenvalue weighted by molar-refractivity contribution is 8.00. The van der Waals surface area contributed by atoms with Gasteiger partial charge in [0.25, 0.3) is 0 Å². The number of aryl methyl sites for hydroxylation is 2. The van der Waals surface area contributed by atoms with Crippen LogP contribution < -0.4 is 10.2 Å². The van der Waals surface area contributed by atoms with Crippen LogP contribution in [0.3, 0.4) is 0 Å². The maximum atomic E-state index is 12.4. The number of aromatic nitrogens is 2. The predicted octanol–water partition coefficient (Wildman–Crippen LogP) is 5.03. The van der Waals surface area contributed by atoms with E-state index in [1.165, 1.54) is 47.2 Å². The van der Waals surface area contributed by atoms with Crippen LogP contribution in [0.15, 0.2) is 35.6 Å². The van der Waals surface area contributed by atoms with Crippen molar-refractivity contribution in [2.24, 2.45) is 0 Å². The monoisotopic (exact) mass is 412 g/mol. The van der Waals surface area contributed by atoms with E-state index in [4.69, 9.17) is 0 Å². The molecule has 1 amide bonds. The molecule has 0 atom stereocenters. The maximum Gasteiger partial charge on any atom is 0.234 e. The quantitative estimate of drug-likeness (QED) is 0.470. The first-order valence-corrected chi connectivity index (χ1v) is 11.4. The molecule has 3 heterocycles. The number of rotatable bonds is 5. The van der Waals surface area contributed by atoms with Crippen LogP contribution in [0.25, 0.3) is 10.2 Å². The van der Waals surface area contributed by atoms with Gasteiger partial charge in [0.15, 0.2) is 0 Å². The number of fused-ring (bicyclic) bond motifs is 1. The van der Waals surface area contributed by atoms with Crippen LogP contribution in [-0.2, 0) is 4.79 Å². The van der Waals surface area contributed by atoms with Gasteiger partial charge in [0.05, 0.1) is 5.75 Å². The topological polar surface area (TPSA) is 58.1 Å². The second-order valence-electron chi connectivity index (χ2n) is 7.07. The van der Waals surface area contributed by atoms with E-state index in [0.717, 1.165) is 34.0 Å². The fourth-order valence-electron chi connectivity index (χ4n) is 3.50. The Morgan fingerprint density at radius 2 is 1.89 bits per heavy atom. The first-order chi connectivity index (χ1) is 13.6. The van der Waals surface area contributed by atoms with Crippen molar-refractivity contribution in [1.82, 2.24) is 9.97 Å². The Labute approximate surface area is 173 Å². The number of hydrogen-bond donors (Lipinski definition) is 1. The molecule has 1 fully saturated rings. The maximum absolute atomic E-state index is 12.4. The van der Waals surface area contributed by atoms with Gasteiger partial charge >= 0.3 is 0 Å². The van der Waals surface area contributed by atoms with E-state index in [2.05, 4.69) is 46.2 Å². The Kier molecular flexibility index (Phi) is 5.82. The normalized spacial score (nSPS) is 14.4. The van der Waals surface area contributed by atoms with Crippen molar-refractivity contribution in [1.29, 1.82) is 0 Å². The number of hydrogen-bond acceptors (Lipinski definition) is 6. The lowest BCUT2D eigenvalue weighted by Gasteiger charge is -2.28. The van der Waals surface area contributed by atoms with Crippen molar-refractivity contribution in [3.63, 3.8) is 0 Å². The minimum absolute atomic E-state index is 0.0212. The molecule has 3 aromatic rings. The standard InChI is InChI=1S/C21H24N4OS2/c1-14-15(2)28-21-19(14)20(22-13-23-21)27-12-18(26)24-16-6-8-17(9-7-16)25-10-4-3-5-11-25/h6-9,13H,3-5,10-12H2,1-2H3,(H,24,26). The van der Waals surface area contributed by atoms with Crippen molar-refractivity contribution in [2.45, 2.75) is 38.1 Å². The zero-order valence-electron chi connectivity index (χ0n) is 16.2. The van der Waals surface area contributed by atoms with E-state index in [-0.39, 0.29) is 5.91 Å². The van der Waals surface area contributed by atoms with Gasteiger partial charge in [-0.2, -0.15) is 0 Å². The number of carbonyl (C=O) groups excluding carboxylic acids is 1. The minimum Gasteiger partial charge on any atom is -0.372 e. The number of benzene rings is 1. The lowest BCUT2D eigenvalue weighted by atomic mass is 10.1. The Balaban J connectivity index is 1.37. The summed E-state index contributed by atoms with van der Waals surface area (Å²) in [6.45, 7) is 6.43. The summed E-state index contributed by atoms with van der Waals surface area (Å²) in [4.78, 5) is 25.8. The number of thiophene rings is 1. The van der Waals surface area contributed by atoms with Crippen LogP contribution >= 0.6 is 23.1 Å². The molecule has 146 valence electrons. The molecule has 0 saturated carbocycles. The van der Waals surface area contributed by atoms with Crippen LogP contribution in [-0.4, -0.2) is 34.7 Å². The molecule has 0 spiro atoms. The lowest BCUT2D eigenvalue weighted by molar-refractivity contribution is -0.113. The van der Waals surface area contributed by atoms with Crippen LogP contribution in [0.1, 0.15) is 29.7 Å². The summed E-state index contributed by atoms with van der Waals surface area (Å²) in [6, 6.07) is 8.17. The van der Waals surface area contributed by atoms with Gasteiger partial charge in [-0.1, -0.05) is 11.8 Å². The van der Waals surface area contributed by atoms with Crippen LogP contribution in [0.5, 0.6) is 0 Å². The van der Waals surface area contributed by atoms with Crippen LogP contribution in [0.2, 0.25) is 0 Å². The second-order valence-corrected chi connectivity index (χ2v) is 9.24. The van der Waals surface area contributed by atoms with Gasteiger partial charge in [-0.25, -0.2) is 9.97 Å². The van der Waals surface area contributed by atoms with Crippen molar-refractivity contribution in [3.05, 3.63) is 41.0 Å². The highest BCUT2D eigenvalue weighted by Gasteiger charge is 2.14. The summed E-state index contributed by atoms with van der Waals surface area (Å²) < 4.78 is 0. The van der Waals surface area contributed by atoms with E-state index in [9.17, 15) is 4.79 Å². The van der Waals surface area contributed by atoms with Gasteiger partial charge in [-0.15, -0.1) is 11.3 Å². The smallest absolute Gasteiger partial charge is 0.234 e. The molecule has 1 aromatic carbocycles. The van der Waals surface area contributed by atoms with Gasteiger partial charge in [-0.3, -0.25) is 4.79 Å². The van der Waals surface area contributed by atoms with Crippen LogP contribution in [0.4, 0.5) is 11.4 Å². The first-order valence-electron chi connectivity index (χ1n) is 9.60. The Morgan fingerprint density at radius 1 is 1.14 bits per heavy atom. The number of nitrogens with zero attached hydrogens (tertiary/aromatic N) is 3. The summed E-state index contributed by atoms with van der Waals surface area (Å²) in [5.41, 5.74) is 3.28. The number of anilines is 2. The third-order valence-electron chi connectivity index (χ3n) is 5.14. The van der Waals surface area contributed by atoms with Crippen molar-refractivity contribution in [2.75, 3.05) is 29.1 Å². The summed E-state index contributed by atoms with van der Waals surface area (Å²) in [5, 5.41) is 4.95. The number of amides is 1. The molecule has 2 aromatic heterocycles. The summed E-state index contributed by atoms with van der Waals surface area (Å²) in [6.07, 6.45) is 5.42. The largest absolute Gasteiger partial charge is 0.372 e.